The largest absolute Gasteiger partial charge is 0.860 e. The van der Waals surface area contributed by atoms with Crippen molar-refractivity contribution in [3.05, 3.63) is 88.7 Å². The lowest BCUT2D eigenvalue weighted by Gasteiger charge is -2.13. The summed E-state index contributed by atoms with van der Waals surface area (Å²) in [5.41, 5.74) is 1.30. The first-order valence-corrected chi connectivity index (χ1v) is 11.0. The molecule has 11 nitrogen and oxygen atoms in total. The molecule has 0 bridgehead atoms. The Kier molecular flexibility index (Phi) is 7.39. The van der Waals surface area contributed by atoms with Gasteiger partial charge in [-0.15, -0.1) is 0 Å². The van der Waals surface area contributed by atoms with Crippen molar-refractivity contribution >= 4 is 17.5 Å². The summed E-state index contributed by atoms with van der Waals surface area (Å²) < 4.78 is 18.5. The van der Waals surface area contributed by atoms with Gasteiger partial charge < -0.3 is 29.4 Å². The summed E-state index contributed by atoms with van der Waals surface area (Å²) in [7, 11) is 0. The first-order chi connectivity index (χ1) is 17.4. The zero-order chi connectivity index (χ0) is 25.5. The van der Waals surface area contributed by atoms with Crippen molar-refractivity contribution in [3.63, 3.8) is 0 Å². The maximum atomic E-state index is 12.5. The van der Waals surface area contributed by atoms with Crippen LogP contribution in [0.2, 0.25) is 0 Å². The summed E-state index contributed by atoms with van der Waals surface area (Å²) in [4.78, 5) is 17.6. The first-order valence-electron chi connectivity index (χ1n) is 11.0. The van der Waals surface area contributed by atoms with Crippen LogP contribution in [-0.4, -0.2) is 32.2 Å². The highest BCUT2D eigenvalue weighted by molar-refractivity contribution is 5.75. The Hall–Kier alpha value is -4.93. The second-order valence-corrected chi connectivity index (χ2v) is 7.59. The van der Waals surface area contributed by atoms with E-state index in [9.17, 15) is 15.2 Å². The lowest BCUT2D eigenvalue weighted by molar-refractivity contribution is -0.394. The Bertz CT molecular complexity index is 1380. The minimum atomic E-state index is -0.741. The molecule has 0 atom stereocenters. The molecule has 0 aliphatic rings. The van der Waals surface area contributed by atoms with Crippen LogP contribution in [0.15, 0.2) is 78.0 Å². The van der Waals surface area contributed by atoms with E-state index in [1.807, 2.05) is 38.1 Å². The molecule has 3 aromatic carbocycles. The van der Waals surface area contributed by atoms with E-state index >= 15 is 0 Å². The predicted octanol–water partition coefficient (Wildman–Crippen LogP) is 4.57. The molecule has 0 amide bonds. The summed E-state index contributed by atoms with van der Waals surface area (Å²) in [6.45, 7) is 4.09. The molecule has 0 fully saturated rings. The normalized spacial score (nSPS) is 11.2. The summed E-state index contributed by atoms with van der Waals surface area (Å²) in [6, 6.07) is 19.5. The van der Waals surface area contributed by atoms with Gasteiger partial charge in [-0.3, -0.25) is 4.99 Å². The Labute approximate surface area is 206 Å². The number of hydrogen-bond donors (Lipinski definition) is 0. The third kappa shape index (κ3) is 6.56. The highest BCUT2D eigenvalue weighted by Crippen LogP contribution is 2.34. The minimum absolute atomic E-state index is 0.278. The number of aliphatic imine (C=N–C) groups is 1. The predicted molar refractivity (Wildman–Crippen MR) is 129 cm³/mol. The average Bonchev–Trinajstić information content (AvgIpc) is 3.29. The van der Waals surface area contributed by atoms with Crippen LogP contribution in [0.1, 0.15) is 12.5 Å². The number of rotatable bonds is 10. The van der Waals surface area contributed by atoms with E-state index in [1.165, 1.54) is 0 Å². The van der Waals surface area contributed by atoms with Gasteiger partial charge in [0, 0.05) is 23.3 Å². The van der Waals surface area contributed by atoms with Gasteiger partial charge in [-0.25, -0.2) is 0 Å². The lowest BCUT2D eigenvalue weighted by Crippen LogP contribution is -2.23. The smallest absolute Gasteiger partial charge is 0.490 e. The van der Waals surface area contributed by atoms with Gasteiger partial charge in [0.2, 0.25) is 6.33 Å². The third-order valence-corrected chi connectivity index (χ3v) is 4.70. The molecule has 0 N–H and O–H groups in total. The monoisotopic (exact) mass is 488 g/mol. The zero-order valence-corrected chi connectivity index (χ0v) is 19.5. The number of ether oxygens (including phenoxy) is 3. The molecular weight excluding hydrogens is 466 g/mol. The van der Waals surface area contributed by atoms with Crippen molar-refractivity contribution < 1.29 is 24.2 Å². The quantitative estimate of drug-likeness (QED) is 0.137. The molecule has 0 aliphatic carbocycles. The molecule has 0 radical (unpaired) electrons. The summed E-state index contributed by atoms with van der Waals surface area (Å²) in [5, 5.41) is 26.9. The number of hydrogen-bond acceptors (Lipinski definition) is 9. The van der Waals surface area contributed by atoms with Crippen LogP contribution < -0.4 is 19.3 Å². The molecule has 0 saturated carbocycles. The van der Waals surface area contributed by atoms with E-state index in [1.54, 1.807) is 42.5 Å². The van der Waals surface area contributed by atoms with Crippen molar-refractivity contribution in [1.82, 2.24) is 14.8 Å². The van der Waals surface area contributed by atoms with Crippen LogP contribution in [-0.2, 0) is 6.54 Å². The molecule has 4 aromatic rings. The fourth-order valence-corrected chi connectivity index (χ4v) is 3.22. The lowest BCUT2D eigenvalue weighted by atomic mass is 10.2. The van der Waals surface area contributed by atoms with Crippen LogP contribution in [0.3, 0.4) is 0 Å². The van der Waals surface area contributed by atoms with Gasteiger partial charge in [-0.2, -0.15) is 4.68 Å². The van der Waals surface area contributed by atoms with Crippen molar-refractivity contribution in [2.75, 3.05) is 6.61 Å². The number of benzene rings is 3. The molecule has 1 heterocycles. The van der Waals surface area contributed by atoms with Gasteiger partial charge in [0.25, 0.3) is 0 Å². The Morgan fingerprint density at radius 3 is 2.31 bits per heavy atom. The van der Waals surface area contributed by atoms with Gasteiger partial charge in [0.05, 0.1) is 18.8 Å². The SMILES string of the molecule is CCOc1ccc(Oc2cc(N=C([O-])Cn3cnc([N+](=O)[O-])n3)cc(Oc3cccc(C)c3)c2)cc1. The molecule has 0 aliphatic heterocycles. The van der Waals surface area contributed by atoms with Gasteiger partial charge in [0.15, 0.2) is 0 Å². The molecule has 36 heavy (non-hydrogen) atoms. The molecule has 0 spiro atoms. The Morgan fingerprint density at radius 1 is 0.972 bits per heavy atom. The third-order valence-electron chi connectivity index (χ3n) is 4.70. The van der Waals surface area contributed by atoms with Gasteiger partial charge in [-0.05, 0) is 66.6 Å². The summed E-state index contributed by atoms with van der Waals surface area (Å²) in [5.74, 6) is 1.51. The molecule has 184 valence electrons. The van der Waals surface area contributed by atoms with E-state index in [-0.39, 0.29) is 12.2 Å². The topological polar surface area (TPSA) is 137 Å². The number of nitrogens with zero attached hydrogens (tertiary/aromatic N) is 5. The van der Waals surface area contributed by atoms with E-state index < -0.39 is 16.8 Å². The van der Waals surface area contributed by atoms with Crippen LogP contribution in [0.5, 0.6) is 28.7 Å². The van der Waals surface area contributed by atoms with Crippen molar-refractivity contribution in [3.8, 4) is 28.7 Å². The summed E-state index contributed by atoms with van der Waals surface area (Å²) in [6.07, 6.45) is 1.10. The van der Waals surface area contributed by atoms with Crippen molar-refractivity contribution in [1.29, 1.82) is 0 Å². The molecule has 1 aromatic heterocycles. The van der Waals surface area contributed by atoms with E-state index in [0.29, 0.717) is 29.6 Å². The van der Waals surface area contributed by atoms with Crippen molar-refractivity contribution in [2.24, 2.45) is 4.99 Å². The maximum Gasteiger partial charge on any atom is 0.490 e. The minimum Gasteiger partial charge on any atom is -0.860 e. The van der Waals surface area contributed by atoms with E-state index in [0.717, 1.165) is 22.3 Å². The maximum absolute atomic E-state index is 12.5. The van der Waals surface area contributed by atoms with Crippen molar-refractivity contribution in [2.45, 2.75) is 20.4 Å². The Morgan fingerprint density at radius 2 is 1.67 bits per heavy atom. The molecule has 0 unspecified atom stereocenters. The van der Waals surface area contributed by atoms with Crippen LogP contribution in [0, 0.1) is 17.0 Å². The molecule has 0 saturated heterocycles. The van der Waals surface area contributed by atoms with Crippen LogP contribution in [0.25, 0.3) is 0 Å². The summed E-state index contributed by atoms with van der Waals surface area (Å²) >= 11 is 0. The second kappa shape index (κ2) is 11.0. The molecule has 4 rings (SSSR count). The average molecular weight is 488 g/mol. The molecular formula is C25H22N5O6-. The Balaban J connectivity index is 1.61. The van der Waals surface area contributed by atoms with Crippen LogP contribution in [0.4, 0.5) is 11.6 Å². The highest BCUT2D eigenvalue weighted by atomic mass is 16.6. The second-order valence-electron chi connectivity index (χ2n) is 7.59. The van der Waals surface area contributed by atoms with E-state index in [2.05, 4.69) is 15.1 Å². The first kappa shape index (κ1) is 24.2. The zero-order valence-electron chi connectivity index (χ0n) is 19.5. The fraction of sp³-hybridized carbons (Fsp3) is 0.160. The van der Waals surface area contributed by atoms with E-state index in [4.69, 9.17) is 14.2 Å². The standard InChI is InChI=1S/C25H23N5O6/c1-3-34-19-7-9-20(10-8-19)35-22-12-18(13-23(14-22)36-21-6-4-5-17(2)11-21)27-24(31)15-29-16-26-25(28-29)30(32)33/h4-14,16H,3,15H2,1-2H3,(H,27,31)/p-1. The van der Waals surface area contributed by atoms with Crippen LogP contribution >= 0.6 is 0 Å². The van der Waals surface area contributed by atoms with Gasteiger partial charge in [-0.1, -0.05) is 17.1 Å². The fourth-order valence-electron chi connectivity index (χ4n) is 3.22. The number of aryl methyl sites for hydroxylation is 1. The number of nitro groups is 1. The molecule has 11 heteroatoms. The van der Waals surface area contributed by atoms with Gasteiger partial charge >= 0.3 is 5.95 Å². The number of aromatic nitrogens is 3. The highest BCUT2D eigenvalue weighted by Gasteiger charge is 2.13. The van der Waals surface area contributed by atoms with Gasteiger partial charge in [0.1, 0.15) is 28.7 Å².